The van der Waals surface area contributed by atoms with Crippen molar-refractivity contribution in [3.63, 3.8) is 0 Å². The van der Waals surface area contributed by atoms with Gasteiger partial charge in [-0.05, 0) is 24.3 Å². The Kier molecular flexibility index (Phi) is 3.18. The molecule has 0 unspecified atom stereocenters. The fraction of sp³-hybridized carbons (Fsp3) is 0. The van der Waals surface area contributed by atoms with Crippen molar-refractivity contribution in [2.45, 2.75) is 0 Å². The normalized spacial score (nSPS) is 10.1. The molecule has 0 bridgehead atoms. The minimum atomic E-state index is -0.744. The molecular formula is C12H8F2N2O2. The topological polar surface area (TPSA) is 62.0 Å². The number of carbonyl (C=O) groups excluding carboxylic acids is 2. The van der Waals surface area contributed by atoms with E-state index in [0.29, 0.717) is 6.29 Å². The van der Waals surface area contributed by atoms with Crippen molar-refractivity contribution >= 4 is 17.9 Å². The molecule has 4 nitrogen and oxygen atoms in total. The van der Waals surface area contributed by atoms with Gasteiger partial charge in [-0.15, -0.1) is 0 Å². The van der Waals surface area contributed by atoms with Gasteiger partial charge in [-0.1, -0.05) is 0 Å². The summed E-state index contributed by atoms with van der Waals surface area (Å²) in [5.74, 6) is -2.06. The van der Waals surface area contributed by atoms with E-state index >= 15 is 0 Å². The van der Waals surface area contributed by atoms with Gasteiger partial charge < -0.3 is 10.3 Å². The number of anilines is 1. The fourth-order valence-electron chi connectivity index (χ4n) is 1.40. The van der Waals surface area contributed by atoms with Crippen LogP contribution in [-0.2, 0) is 0 Å². The van der Waals surface area contributed by atoms with E-state index in [2.05, 4.69) is 10.3 Å². The van der Waals surface area contributed by atoms with Crippen molar-refractivity contribution in [3.05, 3.63) is 53.4 Å². The Bertz CT molecular complexity index is 608. The standard InChI is InChI=1S/C12H8F2N2O2/c13-7-1-3-9(14)11(5-7)16-12(18)10-4-2-8(6-17)15-10/h1-6,15H,(H,16,18). The maximum atomic E-state index is 13.3. The van der Waals surface area contributed by atoms with Crippen LogP contribution in [0.3, 0.4) is 0 Å². The molecule has 0 saturated heterocycles. The van der Waals surface area contributed by atoms with Gasteiger partial charge in [0.05, 0.1) is 11.4 Å². The highest BCUT2D eigenvalue weighted by Crippen LogP contribution is 2.16. The molecule has 2 rings (SSSR count). The highest BCUT2D eigenvalue weighted by atomic mass is 19.1. The molecule has 2 aromatic rings. The van der Waals surface area contributed by atoms with E-state index in [1.165, 1.54) is 12.1 Å². The molecule has 1 aromatic heterocycles. The summed E-state index contributed by atoms with van der Waals surface area (Å²) in [6, 6.07) is 5.51. The average molecular weight is 250 g/mol. The van der Waals surface area contributed by atoms with Gasteiger partial charge in [0.1, 0.15) is 17.3 Å². The first-order chi connectivity index (χ1) is 8.60. The van der Waals surface area contributed by atoms with Crippen molar-refractivity contribution in [1.29, 1.82) is 0 Å². The number of hydrogen-bond donors (Lipinski definition) is 2. The monoisotopic (exact) mass is 250 g/mol. The lowest BCUT2D eigenvalue weighted by Crippen LogP contribution is -2.13. The van der Waals surface area contributed by atoms with Crippen molar-refractivity contribution in [3.8, 4) is 0 Å². The summed E-state index contributed by atoms with van der Waals surface area (Å²) in [7, 11) is 0. The second-order valence-electron chi connectivity index (χ2n) is 3.52. The summed E-state index contributed by atoms with van der Waals surface area (Å²) in [4.78, 5) is 24.6. The molecule has 0 aliphatic rings. The molecular weight excluding hydrogens is 242 g/mol. The van der Waals surface area contributed by atoms with Crippen LogP contribution in [0, 0.1) is 11.6 Å². The van der Waals surface area contributed by atoms with Gasteiger partial charge in [-0.25, -0.2) is 8.78 Å². The number of H-pyrrole nitrogens is 1. The van der Waals surface area contributed by atoms with Gasteiger partial charge in [0, 0.05) is 6.07 Å². The van der Waals surface area contributed by atoms with E-state index in [1.807, 2.05) is 0 Å². The summed E-state index contributed by atoms with van der Waals surface area (Å²) in [6.07, 6.45) is 0.541. The number of rotatable bonds is 3. The molecule has 0 saturated carbocycles. The third-order valence-corrected chi connectivity index (χ3v) is 2.26. The van der Waals surface area contributed by atoms with Crippen molar-refractivity contribution in [1.82, 2.24) is 4.98 Å². The number of amides is 1. The Balaban J connectivity index is 2.20. The predicted octanol–water partition coefficient (Wildman–Crippen LogP) is 2.36. The number of nitrogens with one attached hydrogen (secondary N) is 2. The maximum Gasteiger partial charge on any atom is 0.272 e. The van der Waals surface area contributed by atoms with Gasteiger partial charge in [0.25, 0.3) is 5.91 Å². The molecule has 1 amide bonds. The Hall–Kier alpha value is -2.50. The van der Waals surface area contributed by atoms with Gasteiger partial charge in [-0.2, -0.15) is 0 Å². The third kappa shape index (κ3) is 2.42. The lowest BCUT2D eigenvalue weighted by atomic mass is 10.3. The summed E-state index contributed by atoms with van der Waals surface area (Å²) in [5, 5.41) is 2.20. The minimum absolute atomic E-state index is 0.0840. The van der Waals surface area contributed by atoms with Gasteiger partial charge >= 0.3 is 0 Å². The molecule has 0 fully saturated rings. The van der Waals surface area contributed by atoms with Crippen LogP contribution < -0.4 is 5.32 Å². The van der Waals surface area contributed by atoms with E-state index in [0.717, 1.165) is 18.2 Å². The molecule has 0 aliphatic carbocycles. The minimum Gasteiger partial charge on any atom is -0.348 e. The van der Waals surface area contributed by atoms with E-state index in [4.69, 9.17) is 0 Å². The Morgan fingerprint density at radius 1 is 1.22 bits per heavy atom. The SMILES string of the molecule is O=Cc1ccc(C(=O)Nc2cc(F)ccc2F)[nH]1. The number of carbonyl (C=O) groups is 2. The highest BCUT2D eigenvalue weighted by Gasteiger charge is 2.11. The first-order valence-corrected chi connectivity index (χ1v) is 5.01. The number of aromatic nitrogens is 1. The number of hydrogen-bond acceptors (Lipinski definition) is 2. The average Bonchev–Trinajstić information content (AvgIpc) is 2.82. The highest BCUT2D eigenvalue weighted by molar-refractivity contribution is 6.03. The van der Waals surface area contributed by atoms with Gasteiger partial charge in [0.2, 0.25) is 0 Å². The fourth-order valence-corrected chi connectivity index (χ4v) is 1.40. The van der Waals surface area contributed by atoms with E-state index < -0.39 is 17.5 Å². The molecule has 1 aromatic carbocycles. The summed E-state index contributed by atoms with van der Waals surface area (Å²) in [5.41, 5.74) is 0.0443. The molecule has 0 spiro atoms. The summed E-state index contributed by atoms with van der Waals surface area (Å²) >= 11 is 0. The van der Waals surface area contributed by atoms with Crippen molar-refractivity contribution in [2.75, 3.05) is 5.32 Å². The quantitative estimate of drug-likeness (QED) is 0.821. The maximum absolute atomic E-state index is 13.3. The molecule has 1 heterocycles. The Morgan fingerprint density at radius 2 is 2.00 bits per heavy atom. The van der Waals surface area contributed by atoms with Crippen LogP contribution >= 0.6 is 0 Å². The van der Waals surface area contributed by atoms with E-state index in [1.54, 1.807) is 0 Å². The van der Waals surface area contributed by atoms with E-state index in [-0.39, 0.29) is 17.1 Å². The predicted molar refractivity (Wildman–Crippen MR) is 60.5 cm³/mol. The molecule has 18 heavy (non-hydrogen) atoms. The summed E-state index contributed by atoms with van der Waals surface area (Å²) < 4.78 is 26.2. The van der Waals surface area contributed by atoms with Crippen LogP contribution in [0.2, 0.25) is 0 Å². The van der Waals surface area contributed by atoms with Crippen LogP contribution in [0.1, 0.15) is 21.0 Å². The third-order valence-electron chi connectivity index (χ3n) is 2.26. The zero-order valence-corrected chi connectivity index (χ0v) is 9.04. The number of aromatic amines is 1. The zero-order valence-electron chi connectivity index (χ0n) is 9.04. The number of halogens is 2. The van der Waals surface area contributed by atoms with Gasteiger partial charge in [-0.3, -0.25) is 9.59 Å². The van der Waals surface area contributed by atoms with E-state index in [9.17, 15) is 18.4 Å². The van der Waals surface area contributed by atoms with Crippen molar-refractivity contribution < 1.29 is 18.4 Å². The molecule has 0 radical (unpaired) electrons. The van der Waals surface area contributed by atoms with Gasteiger partial charge in [0.15, 0.2) is 6.29 Å². The van der Waals surface area contributed by atoms with Crippen LogP contribution in [0.25, 0.3) is 0 Å². The van der Waals surface area contributed by atoms with Crippen LogP contribution in [-0.4, -0.2) is 17.2 Å². The van der Waals surface area contributed by atoms with Crippen LogP contribution in [0.5, 0.6) is 0 Å². The Labute approximate surface area is 101 Å². The first-order valence-electron chi connectivity index (χ1n) is 5.01. The van der Waals surface area contributed by atoms with Crippen LogP contribution in [0.4, 0.5) is 14.5 Å². The zero-order chi connectivity index (χ0) is 13.1. The molecule has 0 atom stereocenters. The largest absolute Gasteiger partial charge is 0.348 e. The lowest BCUT2D eigenvalue weighted by Gasteiger charge is -2.05. The number of aldehydes is 1. The molecule has 6 heteroatoms. The molecule has 92 valence electrons. The second kappa shape index (κ2) is 4.79. The summed E-state index contributed by atoms with van der Waals surface area (Å²) in [6.45, 7) is 0. The lowest BCUT2D eigenvalue weighted by molar-refractivity contribution is 0.102. The molecule has 0 aliphatic heterocycles. The van der Waals surface area contributed by atoms with Crippen LogP contribution in [0.15, 0.2) is 30.3 Å². The molecule has 2 N–H and O–H groups in total. The smallest absolute Gasteiger partial charge is 0.272 e. The van der Waals surface area contributed by atoms with Crippen molar-refractivity contribution in [2.24, 2.45) is 0 Å². The number of benzene rings is 1. The Morgan fingerprint density at radius 3 is 2.67 bits per heavy atom. The first kappa shape index (κ1) is 12.0. The second-order valence-corrected chi connectivity index (χ2v) is 3.52.